The number of nitrogens with zero attached hydrogens (tertiary/aromatic N) is 3. The van der Waals surface area contributed by atoms with E-state index >= 15 is 0 Å². The Morgan fingerprint density at radius 2 is 1.96 bits per heavy atom. The van der Waals surface area contributed by atoms with Gasteiger partial charge in [0.25, 0.3) is 0 Å². The number of ether oxygens (including phenoxy) is 3. The monoisotopic (exact) mass is 372 g/mol. The Labute approximate surface area is 155 Å². The van der Waals surface area contributed by atoms with E-state index in [9.17, 15) is 9.59 Å². The van der Waals surface area contributed by atoms with E-state index in [1.54, 1.807) is 0 Å². The molecule has 1 N–H and O–H groups in total. The van der Waals surface area contributed by atoms with Crippen molar-refractivity contribution < 1.29 is 23.8 Å². The molecule has 0 amide bonds. The Morgan fingerprint density at radius 1 is 1.26 bits per heavy atom. The summed E-state index contributed by atoms with van der Waals surface area (Å²) in [6, 6.07) is 6.84. The predicted molar refractivity (Wildman–Crippen MR) is 93.7 cm³/mol. The maximum absolute atomic E-state index is 13.1. The van der Waals surface area contributed by atoms with E-state index in [-0.39, 0.29) is 12.8 Å². The third-order valence-electron chi connectivity index (χ3n) is 6.40. The second-order valence-electron chi connectivity index (χ2n) is 7.06. The smallest absolute Gasteiger partial charge is 0.324 e. The molecule has 1 saturated heterocycles. The van der Waals surface area contributed by atoms with Crippen LogP contribution in [0.15, 0.2) is 29.4 Å². The first-order valence-corrected chi connectivity index (χ1v) is 8.77. The Morgan fingerprint density at radius 3 is 2.63 bits per heavy atom. The average molecular weight is 372 g/mol. The highest BCUT2D eigenvalue weighted by Gasteiger charge is 2.80. The van der Waals surface area contributed by atoms with E-state index in [1.807, 2.05) is 24.3 Å². The van der Waals surface area contributed by atoms with Gasteiger partial charge in [0.1, 0.15) is 0 Å². The number of carbonyl (C=O) groups is 2. The van der Waals surface area contributed by atoms with Crippen molar-refractivity contribution >= 4 is 17.6 Å². The van der Waals surface area contributed by atoms with E-state index in [4.69, 9.17) is 19.7 Å². The molecule has 1 aliphatic carbocycles. The lowest BCUT2D eigenvalue weighted by Crippen LogP contribution is -2.71. The molecule has 0 radical (unpaired) electrons. The van der Waals surface area contributed by atoms with Crippen LogP contribution in [0.4, 0.5) is 5.69 Å². The molecule has 0 spiro atoms. The van der Waals surface area contributed by atoms with Gasteiger partial charge in [-0.1, -0.05) is 23.3 Å². The van der Waals surface area contributed by atoms with Crippen molar-refractivity contribution in [3.05, 3.63) is 40.3 Å². The van der Waals surface area contributed by atoms with Crippen molar-refractivity contribution in [3.63, 3.8) is 0 Å². The zero-order valence-electron chi connectivity index (χ0n) is 15.1. The summed E-state index contributed by atoms with van der Waals surface area (Å²) in [5.74, 6) is -1.33. The number of hydrogen-bond acceptors (Lipinski definition) is 7. The number of fused-ring (bicyclic) bond motifs is 1. The van der Waals surface area contributed by atoms with Crippen molar-refractivity contribution in [2.24, 2.45) is 10.5 Å². The van der Waals surface area contributed by atoms with Gasteiger partial charge in [0.05, 0.1) is 32.3 Å². The molecule has 0 unspecified atom stereocenters. The Hall–Kier alpha value is -2.77. The van der Waals surface area contributed by atoms with Crippen LogP contribution < -0.4 is 5.32 Å². The molecule has 9 nitrogen and oxygen atoms in total. The minimum atomic E-state index is -1.60. The van der Waals surface area contributed by atoms with Gasteiger partial charge in [-0.15, -0.1) is 0 Å². The minimum absolute atomic E-state index is 0.136. The summed E-state index contributed by atoms with van der Waals surface area (Å²) in [4.78, 5) is 29.2. The summed E-state index contributed by atoms with van der Waals surface area (Å²) in [6.45, 7) is 0.300. The normalized spacial score (nSPS) is 32.1. The van der Waals surface area contributed by atoms with Crippen LogP contribution in [0, 0.1) is 5.41 Å². The lowest BCUT2D eigenvalue weighted by molar-refractivity contribution is -0.189. The number of anilines is 1. The Bertz CT molecular complexity index is 851. The molecule has 2 fully saturated rings. The van der Waals surface area contributed by atoms with Gasteiger partial charge in [0, 0.05) is 10.6 Å². The summed E-state index contributed by atoms with van der Waals surface area (Å²) >= 11 is 0. The first-order valence-electron chi connectivity index (χ1n) is 8.77. The maximum atomic E-state index is 13.1. The number of esters is 2. The van der Waals surface area contributed by atoms with Gasteiger partial charge in [0.15, 0.2) is 11.1 Å². The molecule has 0 bridgehead atoms. The molecule has 4 rings (SSSR count). The second-order valence-corrected chi connectivity index (χ2v) is 7.06. The standard InChI is InChI=1S/C18H20N4O5/c1-25-14(23)16(15(24)26-2)8-7-13(21-22-19)18-17(16,9-10-27-18)11-5-3-4-6-12(11)20-18/h3-6,13,20H,7-10H2,1-2H3/t13-,17-,18-/m0/s1. The fourth-order valence-electron chi connectivity index (χ4n) is 5.50. The Balaban J connectivity index is 2.08. The third kappa shape index (κ3) is 1.80. The topological polar surface area (TPSA) is 123 Å². The van der Waals surface area contributed by atoms with Crippen LogP contribution in [-0.2, 0) is 29.2 Å². The average Bonchev–Trinajstić information content (AvgIpc) is 3.21. The Kier molecular flexibility index (Phi) is 3.83. The summed E-state index contributed by atoms with van der Waals surface area (Å²) in [5, 5.41) is 7.31. The van der Waals surface area contributed by atoms with Crippen LogP contribution in [0.3, 0.4) is 0 Å². The molecule has 2 aliphatic heterocycles. The molecule has 142 valence electrons. The first-order chi connectivity index (χ1) is 13.0. The predicted octanol–water partition coefficient (Wildman–Crippen LogP) is 2.27. The number of para-hydroxylation sites is 1. The summed E-state index contributed by atoms with van der Waals surface area (Å²) in [6.07, 6.45) is 0.798. The molecule has 3 aliphatic rings. The summed E-state index contributed by atoms with van der Waals surface area (Å²) in [5.41, 5.74) is 6.70. The summed E-state index contributed by atoms with van der Waals surface area (Å²) < 4.78 is 16.4. The third-order valence-corrected chi connectivity index (χ3v) is 6.40. The van der Waals surface area contributed by atoms with Gasteiger partial charge in [-0.3, -0.25) is 9.59 Å². The van der Waals surface area contributed by atoms with Crippen molar-refractivity contribution in [1.82, 2.24) is 0 Å². The SMILES string of the molecule is COC(=O)C1(C(=O)OC)CC[C@H](N=[N+]=[N-])[C@@]23Nc4ccccc4[C@@]12CCO3. The number of rotatable bonds is 3. The van der Waals surface area contributed by atoms with Gasteiger partial charge in [0.2, 0.25) is 0 Å². The molecular formula is C18H20N4O5. The molecule has 1 aromatic rings. The quantitative estimate of drug-likeness (QED) is 0.285. The highest BCUT2D eigenvalue weighted by molar-refractivity contribution is 6.04. The van der Waals surface area contributed by atoms with Crippen LogP contribution >= 0.6 is 0 Å². The maximum Gasteiger partial charge on any atom is 0.324 e. The van der Waals surface area contributed by atoms with E-state index < -0.39 is 34.5 Å². The molecule has 0 aromatic heterocycles. The lowest BCUT2D eigenvalue weighted by atomic mass is 9.49. The van der Waals surface area contributed by atoms with E-state index in [1.165, 1.54) is 14.2 Å². The number of azide groups is 1. The summed E-state index contributed by atoms with van der Waals surface area (Å²) in [7, 11) is 2.52. The van der Waals surface area contributed by atoms with Crippen molar-refractivity contribution in [1.29, 1.82) is 0 Å². The molecule has 9 heteroatoms. The van der Waals surface area contributed by atoms with Crippen LogP contribution in [0.5, 0.6) is 0 Å². The first kappa shape index (κ1) is 17.6. The van der Waals surface area contributed by atoms with Gasteiger partial charge >= 0.3 is 11.9 Å². The van der Waals surface area contributed by atoms with Gasteiger partial charge in [-0.2, -0.15) is 0 Å². The second kappa shape index (κ2) is 5.87. The van der Waals surface area contributed by atoms with Crippen LogP contribution in [-0.4, -0.2) is 44.5 Å². The number of hydrogen-bond donors (Lipinski definition) is 1. The van der Waals surface area contributed by atoms with Crippen molar-refractivity contribution in [3.8, 4) is 0 Å². The van der Waals surface area contributed by atoms with Crippen LogP contribution in [0.25, 0.3) is 10.4 Å². The van der Waals surface area contributed by atoms with Crippen LogP contribution in [0.1, 0.15) is 24.8 Å². The highest BCUT2D eigenvalue weighted by Crippen LogP contribution is 2.68. The van der Waals surface area contributed by atoms with E-state index in [0.29, 0.717) is 13.0 Å². The number of nitrogens with one attached hydrogen (secondary N) is 1. The number of methoxy groups -OCH3 is 2. The van der Waals surface area contributed by atoms with Crippen molar-refractivity contribution in [2.45, 2.75) is 36.4 Å². The number of carbonyl (C=O) groups excluding carboxylic acids is 2. The molecular weight excluding hydrogens is 352 g/mol. The molecule has 1 saturated carbocycles. The van der Waals surface area contributed by atoms with Gasteiger partial charge in [-0.05, 0) is 36.4 Å². The van der Waals surface area contributed by atoms with Crippen molar-refractivity contribution in [2.75, 3.05) is 26.1 Å². The molecule has 2 heterocycles. The fraction of sp³-hybridized carbons (Fsp3) is 0.556. The highest BCUT2D eigenvalue weighted by atomic mass is 16.6. The largest absolute Gasteiger partial charge is 0.468 e. The lowest BCUT2D eigenvalue weighted by Gasteiger charge is -2.54. The molecule has 1 aromatic carbocycles. The molecule has 3 atom stereocenters. The fourth-order valence-corrected chi connectivity index (χ4v) is 5.50. The molecule has 27 heavy (non-hydrogen) atoms. The zero-order chi connectivity index (χ0) is 19.3. The number of benzene rings is 1. The van der Waals surface area contributed by atoms with E-state index in [0.717, 1.165) is 11.3 Å². The van der Waals surface area contributed by atoms with E-state index in [2.05, 4.69) is 15.3 Å². The van der Waals surface area contributed by atoms with Gasteiger partial charge < -0.3 is 19.5 Å². The van der Waals surface area contributed by atoms with Gasteiger partial charge in [-0.25, -0.2) is 0 Å². The van der Waals surface area contributed by atoms with Crippen LogP contribution in [0.2, 0.25) is 0 Å². The zero-order valence-corrected chi connectivity index (χ0v) is 15.1. The minimum Gasteiger partial charge on any atom is -0.468 e.